The molecule has 2 saturated heterocycles. The second-order valence-electron chi connectivity index (χ2n) is 8.34. The molecule has 2 fully saturated rings. The summed E-state index contributed by atoms with van der Waals surface area (Å²) in [4.78, 5) is 38.5. The highest BCUT2D eigenvalue weighted by molar-refractivity contribution is 6.07. The molecular weight excluding hydrogens is 380 g/mol. The lowest BCUT2D eigenvalue weighted by Gasteiger charge is -2.41. The van der Waals surface area contributed by atoms with Gasteiger partial charge >= 0.3 is 6.03 Å². The topological polar surface area (TPSA) is 78.5 Å². The molecule has 8 heteroatoms. The number of amides is 4. The molecule has 2 N–H and O–H groups in total. The molecule has 6 nitrogen and oxygen atoms in total. The number of imide groups is 1. The molecule has 3 rings (SSSR count). The maximum Gasteiger partial charge on any atom is 0.322 e. The molecule has 0 radical (unpaired) electrons. The second-order valence-corrected chi connectivity index (χ2v) is 8.34. The van der Waals surface area contributed by atoms with E-state index in [1.54, 1.807) is 4.90 Å². The van der Waals surface area contributed by atoms with E-state index >= 15 is 0 Å². The van der Waals surface area contributed by atoms with E-state index in [-0.39, 0.29) is 29.7 Å². The summed E-state index contributed by atoms with van der Waals surface area (Å²) in [7, 11) is 0. The van der Waals surface area contributed by atoms with Crippen LogP contribution in [0.1, 0.15) is 45.1 Å². The largest absolute Gasteiger partial charge is 0.342 e. The Morgan fingerprint density at radius 2 is 1.83 bits per heavy atom. The SMILES string of the molecule is CC(C)CC[C@]1(C2CCN(C(=O)Cc3c(F)cccc3F)CC2)NC(=O)NC1=O. The fraction of sp³-hybridized carbons (Fsp3) is 0.571. The number of urea groups is 1. The third-order valence-electron chi connectivity index (χ3n) is 6.02. The predicted molar refractivity (Wildman–Crippen MR) is 103 cm³/mol. The molecule has 0 spiro atoms. The van der Waals surface area contributed by atoms with Gasteiger partial charge in [-0.15, -0.1) is 0 Å². The average Bonchev–Trinajstić information content (AvgIpc) is 2.97. The summed E-state index contributed by atoms with van der Waals surface area (Å²) in [6.07, 6.45) is 2.08. The van der Waals surface area contributed by atoms with Gasteiger partial charge in [-0.3, -0.25) is 14.9 Å². The zero-order chi connectivity index (χ0) is 21.2. The lowest BCUT2D eigenvalue weighted by molar-refractivity contribution is -0.133. The first-order valence-corrected chi connectivity index (χ1v) is 10.1. The van der Waals surface area contributed by atoms with Crippen LogP contribution in [0.25, 0.3) is 0 Å². The zero-order valence-corrected chi connectivity index (χ0v) is 16.8. The van der Waals surface area contributed by atoms with E-state index in [0.717, 1.165) is 18.6 Å². The monoisotopic (exact) mass is 407 g/mol. The fourth-order valence-corrected chi connectivity index (χ4v) is 4.28. The van der Waals surface area contributed by atoms with Gasteiger partial charge in [-0.1, -0.05) is 19.9 Å². The Hall–Kier alpha value is -2.51. The van der Waals surface area contributed by atoms with Crippen LogP contribution in [-0.2, 0) is 16.0 Å². The zero-order valence-electron chi connectivity index (χ0n) is 16.8. The van der Waals surface area contributed by atoms with E-state index in [1.807, 2.05) is 0 Å². The van der Waals surface area contributed by atoms with Crippen molar-refractivity contribution in [3.05, 3.63) is 35.4 Å². The van der Waals surface area contributed by atoms with Gasteiger partial charge in [0.05, 0.1) is 6.42 Å². The number of carbonyl (C=O) groups excluding carboxylic acids is 3. The number of hydrogen-bond donors (Lipinski definition) is 2. The van der Waals surface area contributed by atoms with Crippen molar-refractivity contribution in [2.24, 2.45) is 11.8 Å². The highest BCUT2D eigenvalue weighted by Gasteiger charge is 2.52. The van der Waals surface area contributed by atoms with Gasteiger partial charge in [0, 0.05) is 18.7 Å². The summed E-state index contributed by atoms with van der Waals surface area (Å²) >= 11 is 0. The Morgan fingerprint density at radius 1 is 1.21 bits per heavy atom. The van der Waals surface area contributed by atoms with Crippen LogP contribution in [-0.4, -0.2) is 41.4 Å². The van der Waals surface area contributed by atoms with Gasteiger partial charge in [0.2, 0.25) is 5.91 Å². The number of nitrogens with zero attached hydrogens (tertiary/aromatic N) is 1. The number of hydrogen-bond acceptors (Lipinski definition) is 3. The van der Waals surface area contributed by atoms with Crippen LogP contribution in [0, 0.1) is 23.5 Å². The summed E-state index contributed by atoms with van der Waals surface area (Å²) < 4.78 is 27.7. The van der Waals surface area contributed by atoms with Crippen molar-refractivity contribution in [1.82, 2.24) is 15.5 Å². The number of nitrogens with one attached hydrogen (secondary N) is 2. The first kappa shape index (κ1) is 21.2. The third kappa shape index (κ3) is 4.41. The standard InChI is InChI=1S/C21H27F2N3O3/c1-13(2)6-9-21(19(28)24-20(29)25-21)14-7-10-26(11-8-14)18(27)12-15-16(22)4-3-5-17(15)23/h3-5,13-14H,6-12H2,1-2H3,(H2,24,25,28,29)/t21-/m1/s1. The summed E-state index contributed by atoms with van der Waals surface area (Å²) in [6, 6.07) is 3.06. The molecule has 2 aliphatic rings. The molecule has 0 saturated carbocycles. The van der Waals surface area contributed by atoms with Gasteiger partial charge in [-0.2, -0.15) is 0 Å². The molecule has 158 valence electrons. The van der Waals surface area contributed by atoms with E-state index in [1.165, 1.54) is 6.07 Å². The lowest BCUT2D eigenvalue weighted by atomic mass is 9.74. The maximum absolute atomic E-state index is 13.8. The normalized spacial score (nSPS) is 22.7. The predicted octanol–water partition coefficient (Wildman–Crippen LogP) is 2.76. The first-order chi connectivity index (χ1) is 13.7. The van der Waals surface area contributed by atoms with Crippen LogP contribution in [0.5, 0.6) is 0 Å². The third-order valence-corrected chi connectivity index (χ3v) is 6.02. The van der Waals surface area contributed by atoms with Gasteiger partial charge in [-0.05, 0) is 49.7 Å². The average molecular weight is 407 g/mol. The Balaban J connectivity index is 1.66. The van der Waals surface area contributed by atoms with Crippen LogP contribution in [0.15, 0.2) is 18.2 Å². The fourth-order valence-electron chi connectivity index (χ4n) is 4.28. The van der Waals surface area contributed by atoms with E-state index in [9.17, 15) is 23.2 Å². The number of carbonyl (C=O) groups is 3. The molecule has 0 bridgehead atoms. The maximum atomic E-state index is 13.8. The molecule has 4 amide bonds. The van der Waals surface area contributed by atoms with Crippen molar-refractivity contribution in [3.8, 4) is 0 Å². The van der Waals surface area contributed by atoms with Crippen molar-refractivity contribution < 1.29 is 23.2 Å². The van der Waals surface area contributed by atoms with Crippen molar-refractivity contribution >= 4 is 17.8 Å². The Morgan fingerprint density at radius 3 is 2.34 bits per heavy atom. The van der Waals surface area contributed by atoms with Crippen molar-refractivity contribution in [3.63, 3.8) is 0 Å². The molecule has 1 atom stereocenters. The van der Waals surface area contributed by atoms with Crippen LogP contribution in [0.3, 0.4) is 0 Å². The van der Waals surface area contributed by atoms with E-state index in [2.05, 4.69) is 24.5 Å². The highest BCUT2D eigenvalue weighted by Crippen LogP contribution is 2.35. The molecule has 1 aromatic carbocycles. The molecule has 0 aliphatic carbocycles. The smallest absolute Gasteiger partial charge is 0.322 e. The Kier molecular flexibility index (Phi) is 6.19. The number of rotatable bonds is 6. The summed E-state index contributed by atoms with van der Waals surface area (Å²) in [5.74, 6) is -1.82. The molecule has 0 aromatic heterocycles. The molecule has 0 unspecified atom stereocenters. The van der Waals surface area contributed by atoms with Crippen molar-refractivity contribution in [2.75, 3.05) is 13.1 Å². The number of likely N-dealkylation sites (tertiary alicyclic amines) is 1. The quantitative estimate of drug-likeness (QED) is 0.712. The van der Waals surface area contributed by atoms with Gasteiger partial charge in [0.1, 0.15) is 17.2 Å². The minimum Gasteiger partial charge on any atom is -0.342 e. The van der Waals surface area contributed by atoms with Crippen LogP contribution < -0.4 is 10.6 Å². The lowest BCUT2D eigenvalue weighted by Crippen LogP contribution is -2.56. The Bertz CT molecular complexity index is 786. The van der Waals surface area contributed by atoms with E-state index in [4.69, 9.17) is 0 Å². The van der Waals surface area contributed by atoms with Crippen molar-refractivity contribution in [2.45, 2.75) is 51.5 Å². The molecule has 29 heavy (non-hydrogen) atoms. The van der Waals surface area contributed by atoms with E-state index in [0.29, 0.717) is 38.3 Å². The second kappa shape index (κ2) is 8.47. The molecule has 1 aromatic rings. The van der Waals surface area contributed by atoms with Gasteiger partial charge < -0.3 is 10.2 Å². The summed E-state index contributed by atoms with van der Waals surface area (Å²) in [6.45, 7) is 4.88. The molecule has 2 heterocycles. The summed E-state index contributed by atoms with van der Waals surface area (Å²) in [5, 5.41) is 5.19. The van der Waals surface area contributed by atoms with Crippen LogP contribution in [0.4, 0.5) is 13.6 Å². The Labute approximate surface area is 169 Å². The minimum atomic E-state index is -0.950. The first-order valence-electron chi connectivity index (χ1n) is 10.1. The van der Waals surface area contributed by atoms with Gasteiger partial charge in [0.15, 0.2) is 0 Å². The van der Waals surface area contributed by atoms with Crippen LogP contribution in [0.2, 0.25) is 0 Å². The van der Waals surface area contributed by atoms with E-state index < -0.39 is 23.2 Å². The van der Waals surface area contributed by atoms with Gasteiger partial charge in [-0.25, -0.2) is 13.6 Å². The van der Waals surface area contributed by atoms with Crippen molar-refractivity contribution in [1.29, 1.82) is 0 Å². The minimum absolute atomic E-state index is 0.0954. The highest BCUT2D eigenvalue weighted by atomic mass is 19.1. The van der Waals surface area contributed by atoms with Crippen LogP contribution >= 0.6 is 0 Å². The number of benzene rings is 1. The molecular formula is C21H27F2N3O3. The number of piperidine rings is 1. The molecule has 2 aliphatic heterocycles. The van der Waals surface area contributed by atoms with Gasteiger partial charge in [0.25, 0.3) is 5.91 Å². The summed E-state index contributed by atoms with van der Waals surface area (Å²) in [5.41, 5.74) is -1.18. The number of halogens is 2.